The lowest BCUT2D eigenvalue weighted by Gasteiger charge is -2.20. The molecular weight excluding hydrogens is 264 g/mol. The number of hydrogen-bond acceptors (Lipinski definition) is 3. The number of carbonyl (C=O) groups excluding carboxylic acids is 1. The van der Waals surface area contributed by atoms with E-state index in [1.54, 1.807) is 0 Å². The standard InChI is InChI=1S/C17H26N2O2/c1-4-13-8-17(20)19(10-13)11-15-9-14(12(3)18)6-7-16(15)21-5-2/h6-7,9,12-13H,4-5,8,10-11,18H2,1-3H3. The second-order valence-corrected chi connectivity index (χ2v) is 5.84. The molecule has 1 heterocycles. The Morgan fingerprint density at radius 2 is 2.19 bits per heavy atom. The van der Waals surface area contributed by atoms with Gasteiger partial charge in [-0.05, 0) is 37.5 Å². The lowest BCUT2D eigenvalue weighted by molar-refractivity contribution is -0.128. The molecule has 0 saturated carbocycles. The van der Waals surface area contributed by atoms with Gasteiger partial charge in [-0.25, -0.2) is 0 Å². The number of hydrogen-bond donors (Lipinski definition) is 1. The van der Waals surface area contributed by atoms with Gasteiger partial charge in [0.25, 0.3) is 0 Å². The molecule has 1 aliphatic heterocycles. The van der Waals surface area contributed by atoms with E-state index >= 15 is 0 Å². The molecule has 0 aliphatic carbocycles. The molecule has 1 fully saturated rings. The first-order valence-electron chi connectivity index (χ1n) is 7.84. The van der Waals surface area contributed by atoms with Gasteiger partial charge in [-0.1, -0.05) is 19.4 Å². The fourth-order valence-corrected chi connectivity index (χ4v) is 2.79. The fraction of sp³-hybridized carbons (Fsp3) is 0.588. The van der Waals surface area contributed by atoms with Crippen molar-refractivity contribution >= 4 is 5.91 Å². The van der Waals surface area contributed by atoms with Gasteiger partial charge in [-0.2, -0.15) is 0 Å². The lowest BCUT2D eigenvalue weighted by Crippen LogP contribution is -2.25. The van der Waals surface area contributed by atoms with Crippen LogP contribution in [-0.4, -0.2) is 24.0 Å². The van der Waals surface area contributed by atoms with Crippen LogP contribution in [0.4, 0.5) is 0 Å². The van der Waals surface area contributed by atoms with E-state index in [0.717, 1.165) is 29.8 Å². The van der Waals surface area contributed by atoms with Gasteiger partial charge in [0.1, 0.15) is 5.75 Å². The highest BCUT2D eigenvalue weighted by atomic mass is 16.5. The molecule has 2 rings (SSSR count). The first-order valence-corrected chi connectivity index (χ1v) is 7.84. The highest BCUT2D eigenvalue weighted by Gasteiger charge is 2.28. The Morgan fingerprint density at radius 1 is 1.43 bits per heavy atom. The molecule has 4 nitrogen and oxygen atoms in total. The Balaban J connectivity index is 2.20. The van der Waals surface area contributed by atoms with Crippen LogP contribution in [0.5, 0.6) is 5.75 Å². The summed E-state index contributed by atoms with van der Waals surface area (Å²) in [5.41, 5.74) is 8.09. The third-order valence-corrected chi connectivity index (χ3v) is 4.14. The third kappa shape index (κ3) is 3.76. The van der Waals surface area contributed by atoms with E-state index in [1.165, 1.54) is 0 Å². The second kappa shape index (κ2) is 6.94. The molecule has 0 bridgehead atoms. The van der Waals surface area contributed by atoms with Crippen LogP contribution in [0.2, 0.25) is 0 Å². The van der Waals surface area contributed by atoms with Crippen LogP contribution >= 0.6 is 0 Å². The molecule has 4 heteroatoms. The predicted molar refractivity (Wildman–Crippen MR) is 84.0 cm³/mol. The molecule has 2 unspecified atom stereocenters. The Bertz CT molecular complexity index is 500. The number of carbonyl (C=O) groups is 1. The van der Waals surface area contributed by atoms with E-state index in [2.05, 4.69) is 13.0 Å². The molecule has 0 spiro atoms. The van der Waals surface area contributed by atoms with Crippen LogP contribution in [0.1, 0.15) is 50.8 Å². The zero-order valence-corrected chi connectivity index (χ0v) is 13.3. The van der Waals surface area contributed by atoms with E-state index < -0.39 is 0 Å². The Morgan fingerprint density at radius 3 is 2.76 bits per heavy atom. The van der Waals surface area contributed by atoms with Crippen LogP contribution in [0.15, 0.2) is 18.2 Å². The SMILES string of the molecule is CCOc1ccc(C(C)N)cc1CN1CC(CC)CC1=O. The fourth-order valence-electron chi connectivity index (χ4n) is 2.79. The monoisotopic (exact) mass is 290 g/mol. The average Bonchev–Trinajstić information content (AvgIpc) is 2.81. The van der Waals surface area contributed by atoms with Gasteiger partial charge >= 0.3 is 0 Å². The van der Waals surface area contributed by atoms with Gasteiger partial charge < -0.3 is 15.4 Å². The van der Waals surface area contributed by atoms with E-state index in [9.17, 15) is 4.79 Å². The number of rotatable bonds is 6. The minimum absolute atomic E-state index is 0.0166. The number of amides is 1. The smallest absolute Gasteiger partial charge is 0.223 e. The number of nitrogens with zero attached hydrogens (tertiary/aromatic N) is 1. The van der Waals surface area contributed by atoms with Crippen LogP contribution in [0, 0.1) is 5.92 Å². The lowest BCUT2D eigenvalue weighted by atomic mass is 10.0. The summed E-state index contributed by atoms with van der Waals surface area (Å²) < 4.78 is 5.69. The Hall–Kier alpha value is -1.55. The van der Waals surface area contributed by atoms with Crippen LogP contribution in [0.25, 0.3) is 0 Å². The maximum absolute atomic E-state index is 12.1. The van der Waals surface area contributed by atoms with Gasteiger partial charge in [0.05, 0.1) is 6.61 Å². The van der Waals surface area contributed by atoms with Crippen molar-refractivity contribution in [2.75, 3.05) is 13.2 Å². The molecule has 2 N–H and O–H groups in total. The number of likely N-dealkylation sites (tertiary alicyclic amines) is 1. The summed E-state index contributed by atoms with van der Waals surface area (Å²) in [5.74, 6) is 1.59. The van der Waals surface area contributed by atoms with Gasteiger partial charge in [-0.15, -0.1) is 0 Å². The predicted octanol–water partition coefficient (Wildman–Crippen LogP) is 2.86. The van der Waals surface area contributed by atoms with Crippen LogP contribution in [-0.2, 0) is 11.3 Å². The van der Waals surface area contributed by atoms with Crippen molar-refractivity contribution in [1.82, 2.24) is 4.90 Å². The van der Waals surface area contributed by atoms with E-state index in [0.29, 0.717) is 25.5 Å². The molecule has 0 radical (unpaired) electrons. The summed E-state index contributed by atoms with van der Waals surface area (Å²) in [6, 6.07) is 6.02. The van der Waals surface area contributed by atoms with Gasteiger partial charge in [0.2, 0.25) is 5.91 Å². The highest BCUT2D eigenvalue weighted by Crippen LogP contribution is 2.28. The largest absolute Gasteiger partial charge is 0.494 e. The molecule has 116 valence electrons. The summed E-state index contributed by atoms with van der Waals surface area (Å²) in [7, 11) is 0. The average molecular weight is 290 g/mol. The molecule has 1 amide bonds. The van der Waals surface area contributed by atoms with Gasteiger partial charge in [-0.3, -0.25) is 4.79 Å². The Labute approximate surface area is 127 Å². The summed E-state index contributed by atoms with van der Waals surface area (Å²) in [5, 5.41) is 0. The zero-order chi connectivity index (χ0) is 15.4. The van der Waals surface area contributed by atoms with Crippen molar-refractivity contribution in [2.45, 2.75) is 46.2 Å². The molecule has 1 aromatic rings. The summed E-state index contributed by atoms with van der Waals surface area (Å²) >= 11 is 0. The minimum atomic E-state index is -0.0166. The maximum atomic E-state index is 12.1. The molecular formula is C17H26N2O2. The van der Waals surface area contributed by atoms with Crippen molar-refractivity contribution < 1.29 is 9.53 Å². The first kappa shape index (κ1) is 15.8. The minimum Gasteiger partial charge on any atom is -0.494 e. The van der Waals surface area contributed by atoms with Gasteiger partial charge in [0, 0.05) is 31.1 Å². The molecule has 0 aromatic heterocycles. The number of nitrogens with two attached hydrogens (primary N) is 1. The molecule has 2 atom stereocenters. The van der Waals surface area contributed by atoms with Crippen molar-refractivity contribution in [3.63, 3.8) is 0 Å². The van der Waals surface area contributed by atoms with Crippen LogP contribution in [0.3, 0.4) is 0 Å². The summed E-state index contributed by atoms with van der Waals surface area (Å²) in [6.07, 6.45) is 1.73. The Kier molecular flexibility index (Phi) is 5.23. The molecule has 1 aliphatic rings. The van der Waals surface area contributed by atoms with Crippen LogP contribution < -0.4 is 10.5 Å². The number of benzene rings is 1. The topological polar surface area (TPSA) is 55.6 Å². The normalized spacial score (nSPS) is 19.9. The zero-order valence-electron chi connectivity index (χ0n) is 13.3. The third-order valence-electron chi connectivity index (χ3n) is 4.14. The second-order valence-electron chi connectivity index (χ2n) is 5.84. The van der Waals surface area contributed by atoms with Gasteiger partial charge in [0.15, 0.2) is 0 Å². The highest BCUT2D eigenvalue weighted by molar-refractivity contribution is 5.78. The molecule has 1 aromatic carbocycles. The molecule has 21 heavy (non-hydrogen) atoms. The van der Waals surface area contributed by atoms with E-state index in [-0.39, 0.29) is 11.9 Å². The van der Waals surface area contributed by atoms with Crippen molar-refractivity contribution in [3.8, 4) is 5.75 Å². The maximum Gasteiger partial charge on any atom is 0.223 e. The quantitative estimate of drug-likeness (QED) is 0.876. The summed E-state index contributed by atoms with van der Waals surface area (Å²) in [6.45, 7) is 8.17. The first-order chi connectivity index (χ1) is 10.0. The number of ether oxygens (including phenoxy) is 1. The van der Waals surface area contributed by atoms with E-state index in [1.807, 2.05) is 30.9 Å². The van der Waals surface area contributed by atoms with Crippen molar-refractivity contribution in [2.24, 2.45) is 11.7 Å². The van der Waals surface area contributed by atoms with Crippen molar-refractivity contribution in [1.29, 1.82) is 0 Å². The van der Waals surface area contributed by atoms with E-state index in [4.69, 9.17) is 10.5 Å². The summed E-state index contributed by atoms with van der Waals surface area (Å²) in [4.78, 5) is 14.0. The molecule has 1 saturated heterocycles. The van der Waals surface area contributed by atoms with Crippen molar-refractivity contribution in [3.05, 3.63) is 29.3 Å².